The lowest BCUT2D eigenvalue weighted by Crippen LogP contribution is -2.23. The third-order valence-corrected chi connectivity index (χ3v) is 2.76. The number of anilines is 2. The molecular weight excluding hydrogens is 202 g/mol. The maximum atomic E-state index is 5.93. The lowest BCUT2D eigenvalue weighted by atomic mass is 10.2. The van der Waals surface area contributed by atoms with Crippen LogP contribution in [-0.2, 0) is 0 Å². The van der Waals surface area contributed by atoms with E-state index >= 15 is 0 Å². The first kappa shape index (κ1) is 9.35. The van der Waals surface area contributed by atoms with Crippen molar-refractivity contribution in [2.24, 2.45) is 0 Å². The molecular formula is C11H13N5. The standard InChI is InChI=1S/C11H13N5/c12-10-8-3-1-2-4-9(8)14-11(15-10)16-6-5-13-7-16/h1-4,13H,5-7H2,(H2,12,14,15). The van der Waals surface area contributed by atoms with Crippen LogP contribution in [0.15, 0.2) is 24.3 Å². The molecule has 0 spiro atoms. The molecule has 0 saturated carbocycles. The van der Waals surface area contributed by atoms with Crippen molar-refractivity contribution in [2.45, 2.75) is 0 Å². The quantitative estimate of drug-likeness (QED) is 0.728. The second-order valence-corrected chi connectivity index (χ2v) is 3.85. The minimum absolute atomic E-state index is 0.549. The van der Waals surface area contributed by atoms with Crippen LogP contribution in [0, 0.1) is 0 Å². The molecule has 3 N–H and O–H groups in total. The Morgan fingerprint density at radius 1 is 1.25 bits per heavy atom. The van der Waals surface area contributed by atoms with Crippen LogP contribution in [-0.4, -0.2) is 29.7 Å². The number of rotatable bonds is 1. The molecule has 1 saturated heterocycles. The summed E-state index contributed by atoms with van der Waals surface area (Å²) < 4.78 is 0. The molecule has 0 radical (unpaired) electrons. The van der Waals surface area contributed by atoms with Gasteiger partial charge in [-0.2, -0.15) is 4.98 Å². The summed E-state index contributed by atoms with van der Waals surface area (Å²) in [6, 6.07) is 7.80. The van der Waals surface area contributed by atoms with Crippen molar-refractivity contribution in [1.82, 2.24) is 15.3 Å². The monoisotopic (exact) mass is 215 g/mol. The van der Waals surface area contributed by atoms with Crippen LogP contribution >= 0.6 is 0 Å². The summed E-state index contributed by atoms with van der Waals surface area (Å²) in [5, 5.41) is 4.16. The van der Waals surface area contributed by atoms with Crippen LogP contribution < -0.4 is 16.0 Å². The highest BCUT2D eigenvalue weighted by Crippen LogP contribution is 2.21. The van der Waals surface area contributed by atoms with E-state index in [4.69, 9.17) is 5.73 Å². The molecule has 82 valence electrons. The van der Waals surface area contributed by atoms with Crippen LogP contribution in [0.4, 0.5) is 11.8 Å². The van der Waals surface area contributed by atoms with Gasteiger partial charge in [-0.05, 0) is 12.1 Å². The number of nitrogens with two attached hydrogens (primary N) is 1. The lowest BCUT2D eigenvalue weighted by molar-refractivity contribution is 0.841. The van der Waals surface area contributed by atoms with E-state index in [1.807, 2.05) is 24.3 Å². The van der Waals surface area contributed by atoms with Crippen molar-refractivity contribution in [3.05, 3.63) is 24.3 Å². The van der Waals surface area contributed by atoms with E-state index in [2.05, 4.69) is 20.2 Å². The van der Waals surface area contributed by atoms with Crippen molar-refractivity contribution in [1.29, 1.82) is 0 Å². The Balaban J connectivity index is 2.13. The van der Waals surface area contributed by atoms with Crippen LogP contribution in [0.1, 0.15) is 0 Å². The highest BCUT2D eigenvalue weighted by Gasteiger charge is 2.15. The summed E-state index contributed by atoms with van der Waals surface area (Å²) >= 11 is 0. The number of hydrogen-bond acceptors (Lipinski definition) is 5. The van der Waals surface area contributed by atoms with Gasteiger partial charge in [0.05, 0.1) is 12.2 Å². The molecule has 1 aromatic carbocycles. The normalized spacial score (nSPS) is 15.9. The van der Waals surface area contributed by atoms with Crippen molar-refractivity contribution < 1.29 is 0 Å². The predicted octanol–water partition coefficient (Wildman–Crippen LogP) is 0.579. The topological polar surface area (TPSA) is 67.1 Å². The molecule has 2 heterocycles. The number of aromatic nitrogens is 2. The molecule has 0 bridgehead atoms. The molecule has 0 amide bonds. The fraction of sp³-hybridized carbons (Fsp3) is 0.273. The molecule has 1 aromatic heterocycles. The summed E-state index contributed by atoms with van der Waals surface area (Å²) in [5.41, 5.74) is 6.83. The Kier molecular flexibility index (Phi) is 2.11. The van der Waals surface area contributed by atoms with E-state index in [1.54, 1.807) is 0 Å². The number of benzene rings is 1. The van der Waals surface area contributed by atoms with Crippen molar-refractivity contribution in [2.75, 3.05) is 30.4 Å². The van der Waals surface area contributed by atoms with E-state index in [9.17, 15) is 0 Å². The lowest BCUT2D eigenvalue weighted by Gasteiger charge is -2.15. The number of para-hydroxylation sites is 1. The highest BCUT2D eigenvalue weighted by atomic mass is 15.3. The van der Waals surface area contributed by atoms with Gasteiger partial charge >= 0.3 is 0 Å². The van der Waals surface area contributed by atoms with E-state index in [0.717, 1.165) is 30.7 Å². The number of nitrogens with zero attached hydrogens (tertiary/aromatic N) is 3. The van der Waals surface area contributed by atoms with Crippen molar-refractivity contribution >= 4 is 22.7 Å². The number of nitrogen functional groups attached to an aromatic ring is 1. The fourth-order valence-electron chi connectivity index (χ4n) is 1.91. The van der Waals surface area contributed by atoms with E-state index in [1.165, 1.54) is 0 Å². The molecule has 1 aliphatic rings. The minimum atomic E-state index is 0.549. The molecule has 5 heteroatoms. The van der Waals surface area contributed by atoms with Gasteiger partial charge in [0, 0.05) is 18.5 Å². The molecule has 1 fully saturated rings. The van der Waals surface area contributed by atoms with Gasteiger partial charge in [0.1, 0.15) is 5.82 Å². The summed E-state index contributed by atoms with van der Waals surface area (Å²) in [6.07, 6.45) is 0. The zero-order valence-corrected chi connectivity index (χ0v) is 8.85. The summed E-state index contributed by atoms with van der Waals surface area (Å²) in [4.78, 5) is 10.9. The Morgan fingerprint density at radius 3 is 2.94 bits per heavy atom. The van der Waals surface area contributed by atoms with Crippen molar-refractivity contribution in [3.63, 3.8) is 0 Å². The fourth-order valence-corrected chi connectivity index (χ4v) is 1.91. The van der Waals surface area contributed by atoms with Gasteiger partial charge in [-0.15, -0.1) is 0 Å². The number of nitrogens with one attached hydrogen (secondary N) is 1. The number of hydrogen-bond donors (Lipinski definition) is 2. The highest BCUT2D eigenvalue weighted by molar-refractivity contribution is 5.88. The molecule has 5 nitrogen and oxygen atoms in total. The Morgan fingerprint density at radius 2 is 2.12 bits per heavy atom. The van der Waals surface area contributed by atoms with Crippen molar-refractivity contribution in [3.8, 4) is 0 Å². The summed E-state index contributed by atoms with van der Waals surface area (Å²) in [7, 11) is 0. The van der Waals surface area contributed by atoms with Gasteiger partial charge in [-0.1, -0.05) is 12.1 Å². The van der Waals surface area contributed by atoms with Gasteiger partial charge in [0.25, 0.3) is 0 Å². The first-order valence-electron chi connectivity index (χ1n) is 5.32. The third kappa shape index (κ3) is 1.45. The molecule has 0 unspecified atom stereocenters. The molecule has 1 aliphatic heterocycles. The van der Waals surface area contributed by atoms with E-state index in [0.29, 0.717) is 11.8 Å². The van der Waals surface area contributed by atoms with Gasteiger partial charge < -0.3 is 10.6 Å². The smallest absolute Gasteiger partial charge is 0.228 e. The summed E-state index contributed by atoms with van der Waals surface area (Å²) in [5.74, 6) is 1.26. The first-order chi connectivity index (χ1) is 7.84. The van der Waals surface area contributed by atoms with Crippen LogP contribution in [0.25, 0.3) is 10.9 Å². The molecule has 0 aliphatic carbocycles. The van der Waals surface area contributed by atoms with E-state index in [-0.39, 0.29) is 0 Å². The zero-order chi connectivity index (χ0) is 11.0. The second-order valence-electron chi connectivity index (χ2n) is 3.85. The van der Waals surface area contributed by atoms with Crippen LogP contribution in [0.5, 0.6) is 0 Å². The van der Waals surface area contributed by atoms with Gasteiger partial charge in [-0.25, -0.2) is 4.98 Å². The van der Waals surface area contributed by atoms with Gasteiger partial charge in [0.2, 0.25) is 5.95 Å². The first-order valence-corrected chi connectivity index (χ1v) is 5.32. The average Bonchev–Trinajstić information content (AvgIpc) is 2.82. The third-order valence-electron chi connectivity index (χ3n) is 2.76. The molecule has 16 heavy (non-hydrogen) atoms. The molecule has 3 rings (SSSR count). The SMILES string of the molecule is Nc1nc(N2CCNC2)nc2ccccc12. The van der Waals surface area contributed by atoms with Crippen LogP contribution in [0.2, 0.25) is 0 Å². The Hall–Kier alpha value is -1.88. The minimum Gasteiger partial charge on any atom is -0.383 e. The maximum absolute atomic E-state index is 5.93. The Labute approximate surface area is 93.3 Å². The Bertz CT molecular complexity index is 519. The van der Waals surface area contributed by atoms with E-state index < -0.39 is 0 Å². The second kappa shape index (κ2) is 3.61. The predicted molar refractivity (Wildman–Crippen MR) is 64.2 cm³/mol. The van der Waals surface area contributed by atoms with Gasteiger partial charge in [-0.3, -0.25) is 5.32 Å². The number of fused-ring (bicyclic) bond motifs is 1. The zero-order valence-electron chi connectivity index (χ0n) is 8.85. The maximum Gasteiger partial charge on any atom is 0.228 e. The van der Waals surface area contributed by atoms with Crippen LogP contribution in [0.3, 0.4) is 0 Å². The molecule has 0 atom stereocenters. The molecule has 2 aromatic rings. The van der Waals surface area contributed by atoms with Gasteiger partial charge in [0.15, 0.2) is 0 Å². The summed E-state index contributed by atoms with van der Waals surface area (Å²) in [6.45, 7) is 2.69. The largest absolute Gasteiger partial charge is 0.383 e. The average molecular weight is 215 g/mol.